The first kappa shape index (κ1) is 13.5. The van der Waals surface area contributed by atoms with E-state index in [2.05, 4.69) is 0 Å². The minimum Gasteiger partial charge on any atom is -0.346 e. The first-order valence-electron chi connectivity index (χ1n) is 6.88. The van der Waals surface area contributed by atoms with Crippen molar-refractivity contribution in [1.29, 1.82) is 0 Å². The third-order valence-corrected chi connectivity index (χ3v) is 3.89. The Labute approximate surface area is 124 Å². The molecule has 5 heteroatoms. The molecule has 0 radical (unpaired) electrons. The zero-order valence-electron chi connectivity index (χ0n) is 11.4. The number of hydrogen-bond acceptors (Lipinski definition) is 2. The fraction of sp³-hybridized carbons (Fsp3) is 0.176. The van der Waals surface area contributed by atoms with Gasteiger partial charge in [0.05, 0.1) is 13.2 Å². The highest BCUT2D eigenvalue weighted by atomic mass is 19.2. The maximum atomic E-state index is 13.9. The molecule has 0 aromatic heterocycles. The van der Waals surface area contributed by atoms with Crippen LogP contribution in [-0.4, -0.2) is 13.2 Å². The molecule has 1 aliphatic heterocycles. The highest BCUT2D eigenvalue weighted by molar-refractivity contribution is 6.07. The second-order valence-electron chi connectivity index (χ2n) is 5.20. The monoisotopic (exact) mass is 304 g/mol. The Bertz CT molecular complexity index is 886. The van der Waals surface area contributed by atoms with Crippen molar-refractivity contribution in [2.24, 2.45) is 0 Å². The zero-order chi connectivity index (χ0) is 15.3. The van der Waals surface area contributed by atoms with Gasteiger partial charge >= 0.3 is 0 Å². The Morgan fingerprint density at radius 3 is 2.27 bits per heavy atom. The summed E-state index contributed by atoms with van der Waals surface area (Å²) in [6.45, 7) is 1.08. The molecule has 112 valence electrons. The number of benzene rings is 3. The molecule has 1 fully saturated rings. The Morgan fingerprint density at radius 1 is 0.773 bits per heavy atom. The molecule has 1 aliphatic rings. The Morgan fingerprint density at radius 2 is 1.50 bits per heavy atom. The van der Waals surface area contributed by atoms with Crippen molar-refractivity contribution < 1.29 is 22.6 Å². The summed E-state index contributed by atoms with van der Waals surface area (Å²) in [6.07, 6.45) is -0.415. The standard InChI is InChI=1S/C17H11F3O2/c18-14-8-13-11-3-2-10(17-21-5-6-22-17)7-9(11)1-4-12(13)15(19)16(14)20/h1-4,7-8,17H,5-6H2. The van der Waals surface area contributed by atoms with Crippen molar-refractivity contribution in [3.8, 4) is 0 Å². The fourth-order valence-corrected chi connectivity index (χ4v) is 2.83. The first-order chi connectivity index (χ1) is 10.6. The third kappa shape index (κ3) is 1.97. The van der Waals surface area contributed by atoms with Crippen molar-refractivity contribution in [3.05, 3.63) is 59.4 Å². The average Bonchev–Trinajstić information content (AvgIpc) is 3.06. The predicted molar refractivity (Wildman–Crippen MR) is 76.0 cm³/mol. The number of fused-ring (bicyclic) bond motifs is 3. The molecule has 0 aliphatic carbocycles. The van der Waals surface area contributed by atoms with E-state index in [4.69, 9.17) is 9.47 Å². The summed E-state index contributed by atoms with van der Waals surface area (Å²) in [5.41, 5.74) is 0.840. The van der Waals surface area contributed by atoms with E-state index in [1.165, 1.54) is 6.07 Å². The van der Waals surface area contributed by atoms with Crippen LogP contribution in [-0.2, 0) is 9.47 Å². The summed E-state index contributed by atoms with van der Waals surface area (Å²) in [5, 5.41) is 1.84. The van der Waals surface area contributed by atoms with Crippen molar-refractivity contribution in [2.45, 2.75) is 6.29 Å². The quantitative estimate of drug-likeness (QED) is 0.488. The fourth-order valence-electron chi connectivity index (χ4n) is 2.83. The summed E-state index contributed by atoms with van der Waals surface area (Å²) < 4.78 is 51.6. The molecule has 0 N–H and O–H groups in total. The van der Waals surface area contributed by atoms with Crippen LogP contribution in [0.4, 0.5) is 13.2 Å². The maximum absolute atomic E-state index is 13.9. The number of rotatable bonds is 1. The van der Waals surface area contributed by atoms with Crippen LogP contribution in [0.15, 0.2) is 36.4 Å². The predicted octanol–water partition coefficient (Wildman–Crippen LogP) is 4.46. The largest absolute Gasteiger partial charge is 0.346 e. The van der Waals surface area contributed by atoms with Gasteiger partial charge in [0.15, 0.2) is 23.7 Å². The van der Waals surface area contributed by atoms with Crippen molar-refractivity contribution in [3.63, 3.8) is 0 Å². The van der Waals surface area contributed by atoms with Gasteiger partial charge in [-0.2, -0.15) is 0 Å². The molecule has 2 nitrogen and oxygen atoms in total. The van der Waals surface area contributed by atoms with E-state index in [0.29, 0.717) is 24.0 Å². The van der Waals surface area contributed by atoms with Crippen LogP contribution in [0.25, 0.3) is 21.5 Å². The van der Waals surface area contributed by atoms with Crippen LogP contribution in [0.3, 0.4) is 0 Å². The SMILES string of the molecule is Fc1cc2c(ccc3cc(C4OCCO4)ccc32)c(F)c1F. The molecule has 0 spiro atoms. The van der Waals surface area contributed by atoms with Crippen LogP contribution in [0, 0.1) is 17.5 Å². The van der Waals surface area contributed by atoms with Crippen molar-refractivity contribution in [2.75, 3.05) is 13.2 Å². The number of hydrogen-bond donors (Lipinski definition) is 0. The highest BCUT2D eigenvalue weighted by Crippen LogP contribution is 2.32. The van der Waals surface area contributed by atoms with Gasteiger partial charge in [-0.25, -0.2) is 13.2 Å². The van der Waals surface area contributed by atoms with Crippen molar-refractivity contribution in [1.82, 2.24) is 0 Å². The van der Waals surface area contributed by atoms with E-state index in [1.54, 1.807) is 18.2 Å². The smallest absolute Gasteiger partial charge is 0.195 e. The summed E-state index contributed by atoms with van der Waals surface area (Å²) in [6, 6.07) is 9.54. The molecule has 1 saturated heterocycles. The van der Waals surface area contributed by atoms with Gasteiger partial charge in [-0.3, -0.25) is 0 Å². The van der Waals surface area contributed by atoms with E-state index in [1.807, 2.05) is 6.07 Å². The molecular formula is C17H11F3O2. The van der Waals surface area contributed by atoms with E-state index in [0.717, 1.165) is 17.0 Å². The molecule has 4 rings (SSSR count). The molecule has 0 saturated carbocycles. The molecular weight excluding hydrogens is 293 g/mol. The Balaban J connectivity index is 1.96. The van der Waals surface area contributed by atoms with Gasteiger partial charge in [-0.15, -0.1) is 0 Å². The molecule has 0 atom stereocenters. The van der Waals surface area contributed by atoms with Crippen LogP contribution < -0.4 is 0 Å². The van der Waals surface area contributed by atoms with E-state index in [9.17, 15) is 13.2 Å². The lowest BCUT2D eigenvalue weighted by molar-refractivity contribution is -0.0440. The lowest BCUT2D eigenvalue weighted by atomic mass is 9.99. The molecule has 3 aromatic rings. The van der Waals surface area contributed by atoms with Gasteiger partial charge in [-0.05, 0) is 28.3 Å². The van der Waals surface area contributed by atoms with Gasteiger partial charge in [0, 0.05) is 10.9 Å². The number of ether oxygens (including phenoxy) is 2. The van der Waals surface area contributed by atoms with E-state index < -0.39 is 23.7 Å². The summed E-state index contributed by atoms with van der Waals surface area (Å²) in [4.78, 5) is 0. The van der Waals surface area contributed by atoms with Gasteiger partial charge < -0.3 is 9.47 Å². The first-order valence-corrected chi connectivity index (χ1v) is 6.88. The summed E-state index contributed by atoms with van der Waals surface area (Å²) in [7, 11) is 0. The highest BCUT2D eigenvalue weighted by Gasteiger charge is 2.19. The van der Waals surface area contributed by atoms with Crippen LogP contribution in [0.1, 0.15) is 11.9 Å². The third-order valence-electron chi connectivity index (χ3n) is 3.89. The molecule has 3 aromatic carbocycles. The second-order valence-corrected chi connectivity index (χ2v) is 5.20. The topological polar surface area (TPSA) is 18.5 Å². The van der Waals surface area contributed by atoms with Crippen LogP contribution in [0.2, 0.25) is 0 Å². The van der Waals surface area contributed by atoms with E-state index >= 15 is 0 Å². The van der Waals surface area contributed by atoms with Gasteiger partial charge in [0.1, 0.15) is 0 Å². The summed E-state index contributed by atoms with van der Waals surface area (Å²) in [5.74, 6) is -3.80. The Kier molecular flexibility index (Phi) is 3.06. The zero-order valence-corrected chi connectivity index (χ0v) is 11.4. The minimum atomic E-state index is -1.45. The molecule has 0 amide bonds. The lowest BCUT2D eigenvalue weighted by Gasteiger charge is -2.12. The molecule has 1 heterocycles. The van der Waals surface area contributed by atoms with Gasteiger partial charge in [-0.1, -0.05) is 24.3 Å². The van der Waals surface area contributed by atoms with E-state index in [-0.39, 0.29) is 5.39 Å². The van der Waals surface area contributed by atoms with Gasteiger partial charge in [0.2, 0.25) is 0 Å². The Hall–Kier alpha value is -2.11. The van der Waals surface area contributed by atoms with Crippen LogP contribution >= 0.6 is 0 Å². The number of halogens is 3. The molecule has 22 heavy (non-hydrogen) atoms. The normalized spacial score (nSPS) is 16.0. The summed E-state index contributed by atoms with van der Waals surface area (Å²) >= 11 is 0. The molecule has 0 bridgehead atoms. The maximum Gasteiger partial charge on any atom is 0.195 e. The van der Waals surface area contributed by atoms with Crippen molar-refractivity contribution >= 4 is 21.5 Å². The second kappa shape index (κ2) is 4.97. The van der Waals surface area contributed by atoms with Gasteiger partial charge in [0.25, 0.3) is 0 Å². The van der Waals surface area contributed by atoms with Crippen LogP contribution in [0.5, 0.6) is 0 Å². The average molecular weight is 304 g/mol. The lowest BCUT2D eigenvalue weighted by Crippen LogP contribution is -1.98. The molecule has 0 unspecified atom stereocenters. The minimum absolute atomic E-state index is 0.0625.